The second-order valence-corrected chi connectivity index (χ2v) is 7.43. The molecule has 1 saturated heterocycles. The van der Waals surface area contributed by atoms with Gasteiger partial charge in [0.1, 0.15) is 5.82 Å². The molecule has 1 amide bonds. The summed E-state index contributed by atoms with van der Waals surface area (Å²) in [6, 6.07) is 0.493. The van der Waals surface area contributed by atoms with Gasteiger partial charge in [0.05, 0.1) is 5.60 Å². The van der Waals surface area contributed by atoms with E-state index in [1.165, 1.54) is 0 Å². The Bertz CT molecular complexity index is 610. The molecule has 0 saturated carbocycles. The molecular formula is C17H29N5O2. The van der Waals surface area contributed by atoms with Crippen LogP contribution in [-0.4, -0.2) is 71.3 Å². The Kier molecular flexibility index (Phi) is 5.45. The van der Waals surface area contributed by atoms with Crippen molar-refractivity contribution in [2.45, 2.75) is 45.8 Å². The first kappa shape index (κ1) is 18.6. The first-order chi connectivity index (χ1) is 11.1. The SMILES string of the molecule is Cc1nc(C(=O)NCC(C)(C)O)nc(N2CC[C@@H](N(C)C)C2)c1C. The van der Waals surface area contributed by atoms with E-state index in [0.29, 0.717) is 6.04 Å². The van der Waals surface area contributed by atoms with Gasteiger partial charge in [0, 0.05) is 36.9 Å². The van der Waals surface area contributed by atoms with Gasteiger partial charge < -0.3 is 20.2 Å². The molecule has 7 nitrogen and oxygen atoms in total. The number of rotatable bonds is 5. The number of anilines is 1. The minimum absolute atomic E-state index is 0.157. The van der Waals surface area contributed by atoms with E-state index in [9.17, 15) is 9.90 Å². The average Bonchev–Trinajstić information content (AvgIpc) is 2.96. The van der Waals surface area contributed by atoms with Crippen molar-refractivity contribution in [2.24, 2.45) is 0 Å². The summed E-state index contributed by atoms with van der Waals surface area (Å²) in [5, 5.41) is 12.4. The summed E-state index contributed by atoms with van der Waals surface area (Å²) < 4.78 is 0. The quantitative estimate of drug-likeness (QED) is 0.826. The zero-order valence-electron chi connectivity index (χ0n) is 15.6. The summed E-state index contributed by atoms with van der Waals surface area (Å²) in [7, 11) is 4.17. The van der Waals surface area contributed by atoms with Crippen molar-refractivity contribution >= 4 is 11.7 Å². The molecule has 1 atom stereocenters. The molecule has 2 N–H and O–H groups in total. The second-order valence-electron chi connectivity index (χ2n) is 7.43. The summed E-state index contributed by atoms with van der Waals surface area (Å²) >= 11 is 0. The van der Waals surface area contributed by atoms with Crippen molar-refractivity contribution in [1.82, 2.24) is 20.2 Å². The molecule has 1 aliphatic rings. The highest BCUT2D eigenvalue weighted by atomic mass is 16.3. The van der Waals surface area contributed by atoms with Crippen LogP contribution in [0.15, 0.2) is 0 Å². The van der Waals surface area contributed by atoms with Gasteiger partial charge in [0.15, 0.2) is 0 Å². The Hall–Kier alpha value is -1.73. The van der Waals surface area contributed by atoms with Gasteiger partial charge in [-0.15, -0.1) is 0 Å². The Morgan fingerprint density at radius 2 is 2.04 bits per heavy atom. The summed E-state index contributed by atoms with van der Waals surface area (Å²) in [6.45, 7) is 9.15. The first-order valence-electron chi connectivity index (χ1n) is 8.35. The molecule has 0 radical (unpaired) electrons. The van der Waals surface area contributed by atoms with Gasteiger partial charge in [-0.05, 0) is 48.2 Å². The van der Waals surface area contributed by atoms with Gasteiger partial charge >= 0.3 is 0 Å². The summed E-state index contributed by atoms with van der Waals surface area (Å²) in [4.78, 5) is 25.6. The maximum absolute atomic E-state index is 12.3. The van der Waals surface area contributed by atoms with Crippen LogP contribution in [0.4, 0.5) is 5.82 Å². The highest BCUT2D eigenvalue weighted by Crippen LogP contribution is 2.25. The summed E-state index contributed by atoms with van der Waals surface area (Å²) in [5.41, 5.74) is 0.849. The van der Waals surface area contributed by atoms with Crippen LogP contribution in [0.3, 0.4) is 0 Å². The largest absolute Gasteiger partial charge is 0.389 e. The lowest BCUT2D eigenvalue weighted by atomic mass is 10.1. The van der Waals surface area contributed by atoms with Crippen LogP contribution in [0.25, 0.3) is 0 Å². The maximum Gasteiger partial charge on any atom is 0.289 e. The van der Waals surface area contributed by atoms with Crippen LogP contribution < -0.4 is 10.2 Å². The van der Waals surface area contributed by atoms with Crippen molar-refractivity contribution in [1.29, 1.82) is 0 Å². The number of aromatic nitrogens is 2. The predicted octanol–water partition coefficient (Wildman–Crippen LogP) is 0.734. The van der Waals surface area contributed by atoms with Crippen LogP contribution in [0.5, 0.6) is 0 Å². The van der Waals surface area contributed by atoms with Crippen LogP contribution >= 0.6 is 0 Å². The van der Waals surface area contributed by atoms with Gasteiger partial charge in [-0.1, -0.05) is 0 Å². The Morgan fingerprint density at radius 3 is 2.58 bits per heavy atom. The fraction of sp³-hybridized carbons (Fsp3) is 0.706. The van der Waals surface area contributed by atoms with Gasteiger partial charge in [-0.25, -0.2) is 9.97 Å². The van der Waals surface area contributed by atoms with E-state index >= 15 is 0 Å². The summed E-state index contributed by atoms with van der Waals surface area (Å²) in [6.07, 6.45) is 1.08. The molecule has 0 aliphatic carbocycles. The van der Waals surface area contributed by atoms with Gasteiger partial charge in [-0.2, -0.15) is 0 Å². The topological polar surface area (TPSA) is 81.6 Å². The third-order valence-corrected chi connectivity index (χ3v) is 4.44. The molecule has 1 aliphatic heterocycles. The third-order valence-electron chi connectivity index (χ3n) is 4.44. The molecule has 24 heavy (non-hydrogen) atoms. The molecular weight excluding hydrogens is 306 g/mol. The highest BCUT2D eigenvalue weighted by Gasteiger charge is 2.27. The lowest BCUT2D eigenvalue weighted by molar-refractivity contribution is 0.0689. The van der Waals surface area contributed by atoms with Crippen molar-refractivity contribution in [3.8, 4) is 0 Å². The number of hydrogen-bond acceptors (Lipinski definition) is 6. The molecule has 134 valence electrons. The molecule has 2 heterocycles. The number of nitrogens with zero attached hydrogens (tertiary/aromatic N) is 4. The third kappa shape index (κ3) is 4.42. The molecule has 2 rings (SSSR count). The normalized spacial score (nSPS) is 18.3. The fourth-order valence-corrected chi connectivity index (χ4v) is 2.75. The average molecular weight is 335 g/mol. The van der Waals surface area contributed by atoms with E-state index in [2.05, 4.69) is 39.2 Å². The van der Waals surface area contributed by atoms with E-state index in [4.69, 9.17) is 0 Å². The molecule has 1 fully saturated rings. The minimum Gasteiger partial charge on any atom is -0.389 e. The van der Waals surface area contributed by atoms with Crippen LogP contribution in [0.1, 0.15) is 42.1 Å². The molecule has 1 aromatic rings. The minimum atomic E-state index is -0.966. The Morgan fingerprint density at radius 1 is 1.38 bits per heavy atom. The van der Waals surface area contributed by atoms with Crippen LogP contribution in [0.2, 0.25) is 0 Å². The number of likely N-dealkylation sites (N-methyl/N-ethyl adjacent to an activating group) is 1. The van der Waals surface area contributed by atoms with Gasteiger partial charge in [-0.3, -0.25) is 4.79 Å². The monoisotopic (exact) mass is 335 g/mol. The van der Waals surface area contributed by atoms with E-state index in [0.717, 1.165) is 36.6 Å². The van der Waals surface area contributed by atoms with E-state index < -0.39 is 5.60 Å². The number of hydrogen-bond donors (Lipinski definition) is 2. The summed E-state index contributed by atoms with van der Waals surface area (Å²) in [5.74, 6) is 0.635. The molecule has 1 aromatic heterocycles. The van der Waals surface area contributed by atoms with Crippen LogP contribution in [-0.2, 0) is 0 Å². The Labute approximate surface area is 144 Å². The van der Waals surface area contributed by atoms with Crippen molar-refractivity contribution in [3.05, 3.63) is 17.1 Å². The lowest BCUT2D eigenvalue weighted by Crippen LogP contribution is -2.39. The maximum atomic E-state index is 12.3. The zero-order valence-corrected chi connectivity index (χ0v) is 15.6. The van der Waals surface area contributed by atoms with Crippen molar-refractivity contribution in [2.75, 3.05) is 38.6 Å². The van der Waals surface area contributed by atoms with E-state index in [-0.39, 0.29) is 18.3 Å². The lowest BCUT2D eigenvalue weighted by Gasteiger charge is -2.23. The predicted molar refractivity (Wildman–Crippen MR) is 94.4 cm³/mol. The number of amides is 1. The van der Waals surface area contributed by atoms with Crippen molar-refractivity contribution < 1.29 is 9.90 Å². The zero-order chi connectivity index (χ0) is 18.1. The van der Waals surface area contributed by atoms with Crippen LogP contribution in [0, 0.1) is 13.8 Å². The van der Waals surface area contributed by atoms with Gasteiger partial charge in [0.2, 0.25) is 5.82 Å². The first-order valence-corrected chi connectivity index (χ1v) is 8.35. The molecule has 0 unspecified atom stereocenters. The molecule has 0 bridgehead atoms. The molecule has 0 spiro atoms. The number of nitrogens with one attached hydrogen (secondary N) is 1. The Balaban J connectivity index is 2.21. The molecule has 0 aromatic carbocycles. The van der Waals surface area contributed by atoms with Gasteiger partial charge in [0.25, 0.3) is 5.91 Å². The number of carbonyl (C=O) groups is 1. The van der Waals surface area contributed by atoms with E-state index in [1.807, 2.05) is 13.8 Å². The standard InChI is InChI=1S/C17H29N5O2/c1-11-12(2)19-14(16(23)18-10-17(3,4)24)20-15(11)22-8-7-13(9-22)21(5)6/h13,24H,7-10H2,1-6H3,(H,18,23)/t13-/m1/s1. The smallest absolute Gasteiger partial charge is 0.289 e. The molecule has 7 heteroatoms. The van der Waals surface area contributed by atoms with Crippen molar-refractivity contribution in [3.63, 3.8) is 0 Å². The number of carbonyl (C=O) groups excluding carboxylic acids is 1. The number of aliphatic hydroxyl groups is 1. The van der Waals surface area contributed by atoms with E-state index in [1.54, 1.807) is 13.8 Å². The fourth-order valence-electron chi connectivity index (χ4n) is 2.75. The highest BCUT2D eigenvalue weighted by molar-refractivity contribution is 5.91. The number of aryl methyl sites for hydroxylation is 1. The second kappa shape index (κ2) is 7.03.